The minimum absolute atomic E-state index is 0.0745. The lowest BCUT2D eigenvalue weighted by molar-refractivity contribution is 0.480. The van der Waals surface area contributed by atoms with Crippen LogP contribution in [0.2, 0.25) is 10.0 Å². The zero-order valence-electron chi connectivity index (χ0n) is 12.4. The van der Waals surface area contributed by atoms with Crippen molar-refractivity contribution in [2.45, 2.75) is 23.6 Å². The summed E-state index contributed by atoms with van der Waals surface area (Å²) in [6.07, 6.45) is 0. The van der Waals surface area contributed by atoms with Gasteiger partial charge in [0.25, 0.3) is 20.2 Å². The van der Waals surface area contributed by atoms with E-state index in [9.17, 15) is 25.9 Å². The number of rotatable bonds is 3. The first-order valence-electron chi connectivity index (χ1n) is 6.38. The van der Waals surface area contributed by atoms with E-state index in [0.717, 1.165) is 12.1 Å². The van der Waals surface area contributed by atoms with Crippen LogP contribution in [0.15, 0.2) is 34.1 Å². The van der Waals surface area contributed by atoms with E-state index >= 15 is 0 Å². The third kappa shape index (κ3) is 3.74. The average Bonchev–Trinajstić information content (AvgIpc) is 2.41. The largest absolute Gasteiger partial charge is 0.295 e. The molecule has 2 rings (SSSR count). The second-order valence-corrected chi connectivity index (χ2v) is 8.74. The molecule has 24 heavy (non-hydrogen) atoms. The fraction of sp³-hybridized carbons (Fsp3) is 0.143. The maximum Gasteiger partial charge on any atom is 0.295 e. The van der Waals surface area contributed by atoms with Crippen LogP contribution in [0.1, 0.15) is 11.1 Å². The van der Waals surface area contributed by atoms with Gasteiger partial charge in [-0.1, -0.05) is 23.2 Å². The molecule has 0 saturated heterocycles. The number of hydrogen-bond donors (Lipinski definition) is 2. The zero-order valence-corrected chi connectivity index (χ0v) is 15.6. The summed E-state index contributed by atoms with van der Waals surface area (Å²) in [4.78, 5) is -1.16. The average molecular weight is 411 g/mol. The van der Waals surface area contributed by atoms with Gasteiger partial charge in [-0.3, -0.25) is 9.11 Å². The van der Waals surface area contributed by atoms with E-state index < -0.39 is 30.0 Å². The van der Waals surface area contributed by atoms with Gasteiger partial charge in [0.05, 0.1) is 0 Å². The summed E-state index contributed by atoms with van der Waals surface area (Å²) in [6, 6.07) is 4.64. The van der Waals surface area contributed by atoms with Gasteiger partial charge < -0.3 is 0 Å². The Balaban J connectivity index is 3.02. The summed E-state index contributed by atoms with van der Waals surface area (Å²) in [7, 11) is -9.40. The van der Waals surface area contributed by atoms with Crippen LogP contribution in [0.4, 0.5) is 0 Å². The van der Waals surface area contributed by atoms with Crippen LogP contribution in [0.25, 0.3) is 11.1 Å². The molecule has 0 unspecified atom stereocenters. The molecule has 2 N–H and O–H groups in total. The Bertz CT molecular complexity index is 958. The molecule has 0 aliphatic rings. The normalized spacial score (nSPS) is 12.4. The van der Waals surface area contributed by atoms with Crippen molar-refractivity contribution in [3.8, 4) is 11.1 Å². The third-order valence-electron chi connectivity index (χ3n) is 3.37. The molecule has 0 saturated carbocycles. The summed E-state index contributed by atoms with van der Waals surface area (Å²) in [5.41, 5.74) is 0.666. The molecular weight excluding hydrogens is 399 g/mol. The molecule has 0 bridgehead atoms. The highest BCUT2D eigenvalue weighted by Crippen LogP contribution is 2.38. The standard InChI is InChI=1S/C14H12Cl2O6S2/c1-7-3-9(13(5-11(7)15)23(17,18)19)10-4-8(2)12(16)6-14(10)24(20,21)22/h3-6H,1-2H3,(H,17,18,19)(H,20,21,22). The lowest BCUT2D eigenvalue weighted by Gasteiger charge is -2.14. The van der Waals surface area contributed by atoms with Crippen LogP contribution >= 0.6 is 23.2 Å². The van der Waals surface area contributed by atoms with Crippen molar-refractivity contribution < 1.29 is 25.9 Å². The van der Waals surface area contributed by atoms with E-state index in [1.54, 1.807) is 13.8 Å². The van der Waals surface area contributed by atoms with Crippen LogP contribution in [-0.2, 0) is 20.2 Å². The topological polar surface area (TPSA) is 109 Å². The molecule has 0 aliphatic heterocycles. The van der Waals surface area contributed by atoms with Gasteiger partial charge in [-0.15, -0.1) is 0 Å². The van der Waals surface area contributed by atoms with Crippen molar-refractivity contribution >= 4 is 43.4 Å². The van der Waals surface area contributed by atoms with E-state index in [2.05, 4.69) is 0 Å². The monoisotopic (exact) mass is 410 g/mol. The first kappa shape index (κ1) is 19.2. The first-order valence-corrected chi connectivity index (χ1v) is 10.0. The molecule has 0 heterocycles. The Labute approximate surface area is 149 Å². The van der Waals surface area contributed by atoms with Gasteiger partial charge in [0.15, 0.2) is 0 Å². The predicted molar refractivity (Wildman–Crippen MR) is 91.0 cm³/mol. The second kappa shape index (κ2) is 6.29. The van der Waals surface area contributed by atoms with Gasteiger partial charge in [0, 0.05) is 21.2 Å². The molecule has 2 aromatic carbocycles. The highest BCUT2D eigenvalue weighted by Gasteiger charge is 2.25. The highest BCUT2D eigenvalue weighted by molar-refractivity contribution is 7.86. The van der Waals surface area contributed by atoms with Crippen molar-refractivity contribution in [2.24, 2.45) is 0 Å². The molecule has 130 valence electrons. The molecular formula is C14H12Cl2O6S2. The number of hydrogen-bond acceptors (Lipinski definition) is 4. The molecule has 0 amide bonds. The summed E-state index contributed by atoms with van der Waals surface area (Å²) in [6.45, 7) is 3.16. The van der Waals surface area contributed by atoms with E-state index in [1.807, 2.05) is 0 Å². The Morgan fingerprint density at radius 2 is 1.00 bits per heavy atom. The summed E-state index contributed by atoms with van der Waals surface area (Å²) >= 11 is 11.8. The number of halogens is 2. The maximum atomic E-state index is 11.7. The van der Waals surface area contributed by atoms with E-state index in [1.165, 1.54) is 12.1 Å². The molecule has 0 aliphatic carbocycles. The Morgan fingerprint density at radius 3 is 1.25 bits per heavy atom. The summed E-state index contributed by atoms with van der Waals surface area (Å²) < 4.78 is 65.5. The highest BCUT2D eigenvalue weighted by atomic mass is 35.5. The van der Waals surface area contributed by atoms with Gasteiger partial charge in [-0.2, -0.15) is 16.8 Å². The van der Waals surface area contributed by atoms with Crippen LogP contribution in [0, 0.1) is 13.8 Å². The van der Waals surface area contributed by atoms with Crippen LogP contribution in [0.3, 0.4) is 0 Å². The molecule has 6 nitrogen and oxygen atoms in total. The molecule has 0 atom stereocenters. The summed E-state index contributed by atoms with van der Waals surface area (Å²) in [5.74, 6) is 0. The van der Waals surface area contributed by atoms with Crippen molar-refractivity contribution in [2.75, 3.05) is 0 Å². The zero-order chi connectivity index (χ0) is 18.4. The quantitative estimate of drug-likeness (QED) is 0.745. The fourth-order valence-electron chi connectivity index (χ4n) is 2.17. The lowest BCUT2D eigenvalue weighted by atomic mass is 10.0. The van der Waals surface area contributed by atoms with Gasteiger partial charge in [-0.05, 0) is 49.2 Å². The van der Waals surface area contributed by atoms with Crippen molar-refractivity contribution in [3.63, 3.8) is 0 Å². The first-order chi connectivity index (χ1) is 10.8. The van der Waals surface area contributed by atoms with Gasteiger partial charge in [0.1, 0.15) is 9.79 Å². The molecule has 2 aromatic rings. The SMILES string of the molecule is Cc1cc(-c2cc(C)c(Cl)cc2S(=O)(=O)O)c(S(=O)(=O)O)cc1Cl. The fourth-order valence-corrected chi connectivity index (χ4v) is 4.06. The predicted octanol–water partition coefficient (Wildman–Crippen LogP) is 3.77. The second-order valence-electron chi connectivity index (χ2n) is 5.15. The molecule has 0 aromatic heterocycles. The molecule has 0 fully saturated rings. The minimum Gasteiger partial charge on any atom is -0.282 e. The summed E-state index contributed by atoms with van der Waals surface area (Å²) in [5, 5.41) is 0.149. The van der Waals surface area contributed by atoms with Crippen LogP contribution in [-0.4, -0.2) is 25.9 Å². The molecule has 0 radical (unpaired) electrons. The van der Waals surface area contributed by atoms with E-state index in [4.69, 9.17) is 23.2 Å². The van der Waals surface area contributed by atoms with Crippen LogP contribution in [0.5, 0.6) is 0 Å². The van der Waals surface area contributed by atoms with Crippen molar-refractivity contribution in [3.05, 3.63) is 45.4 Å². The Hall–Kier alpha value is -1.16. The Kier molecular flexibility index (Phi) is 5.02. The van der Waals surface area contributed by atoms with Gasteiger partial charge in [-0.25, -0.2) is 0 Å². The number of aryl methyl sites for hydroxylation is 2. The lowest BCUT2D eigenvalue weighted by Crippen LogP contribution is -2.06. The third-order valence-corrected chi connectivity index (χ3v) is 5.97. The molecule has 0 spiro atoms. The minimum atomic E-state index is -4.70. The Morgan fingerprint density at radius 1 is 0.708 bits per heavy atom. The maximum absolute atomic E-state index is 11.7. The van der Waals surface area contributed by atoms with Gasteiger partial charge >= 0.3 is 0 Å². The van der Waals surface area contributed by atoms with Crippen molar-refractivity contribution in [1.29, 1.82) is 0 Å². The van der Waals surface area contributed by atoms with Gasteiger partial charge in [0.2, 0.25) is 0 Å². The smallest absolute Gasteiger partial charge is 0.282 e. The van der Waals surface area contributed by atoms with Crippen molar-refractivity contribution in [1.82, 2.24) is 0 Å². The van der Waals surface area contributed by atoms with E-state index in [-0.39, 0.29) is 21.2 Å². The number of benzene rings is 2. The van der Waals surface area contributed by atoms with E-state index in [0.29, 0.717) is 11.1 Å². The molecule has 10 heteroatoms. The van der Waals surface area contributed by atoms with Crippen LogP contribution < -0.4 is 0 Å².